The molecule has 0 aromatic rings. The van der Waals surface area contributed by atoms with E-state index in [9.17, 15) is 34.2 Å². The number of carbonyl (C=O) groups excluding carboxylic acids is 5. The fourth-order valence-electron chi connectivity index (χ4n) is 8.94. The summed E-state index contributed by atoms with van der Waals surface area (Å²) >= 11 is 0. The number of aliphatic imine (C=N–C) groups is 1. The van der Waals surface area contributed by atoms with Gasteiger partial charge in [-0.1, -0.05) is 27.7 Å². The molecule has 4 unspecified atom stereocenters. The number of Topliss-reactive ketones (excluding diaryl/α,β-unsaturated/α-hetero) is 1. The minimum atomic E-state index is -0.899. The molecule has 0 aromatic carbocycles. The molecule has 3 aliphatic rings. The second-order valence-electron chi connectivity index (χ2n) is 15.8. The molecule has 0 aliphatic heterocycles. The lowest BCUT2D eigenvalue weighted by Gasteiger charge is -2.32. The molecule has 0 heterocycles. The third-order valence-electron chi connectivity index (χ3n) is 11.2. The Labute approximate surface area is 302 Å². The van der Waals surface area contributed by atoms with Crippen LogP contribution in [-0.2, 0) is 38.2 Å². The van der Waals surface area contributed by atoms with Gasteiger partial charge in [0.25, 0.3) is 0 Å². The van der Waals surface area contributed by atoms with Gasteiger partial charge in [0.2, 0.25) is 0 Å². The van der Waals surface area contributed by atoms with Gasteiger partial charge in [-0.2, -0.15) is 0 Å². The first-order valence-corrected chi connectivity index (χ1v) is 18.7. The van der Waals surface area contributed by atoms with Crippen molar-refractivity contribution in [2.24, 2.45) is 93.2 Å². The van der Waals surface area contributed by atoms with Gasteiger partial charge in [-0.25, -0.2) is 0 Å². The van der Waals surface area contributed by atoms with Crippen LogP contribution in [0.4, 0.5) is 0 Å². The topological polar surface area (TPSA) is 244 Å². The highest BCUT2D eigenvalue weighted by molar-refractivity contribution is 5.86. The first kappa shape index (κ1) is 42.3. The lowest BCUT2D eigenvalue weighted by atomic mass is 9.73. The van der Waals surface area contributed by atoms with E-state index in [-0.39, 0.29) is 111 Å². The van der Waals surface area contributed by atoms with Crippen molar-refractivity contribution < 1.29 is 48.4 Å². The molecule has 3 rings (SSSR count). The van der Waals surface area contributed by atoms with Gasteiger partial charge in [-0.15, -0.1) is 0 Å². The first-order valence-electron chi connectivity index (χ1n) is 18.7. The fourth-order valence-corrected chi connectivity index (χ4v) is 8.94. The number of ketones is 1. The zero-order valence-corrected chi connectivity index (χ0v) is 30.8. The normalized spacial score (nSPS) is 31.1. The van der Waals surface area contributed by atoms with Crippen LogP contribution in [0.15, 0.2) is 4.99 Å². The maximum Gasteiger partial charge on any atom is 0.322 e. The summed E-state index contributed by atoms with van der Waals surface area (Å²) in [5.74, 6) is -5.02. The lowest BCUT2D eigenvalue weighted by molar-refractivity contribution is -0.151. The van der Waals surface area contributed by atoms with Crippen molar-refractivity contribution in [3.05, 3.63) is 0 Å². The number of hydrogen-bond acceptors (Lipinski definition) is 12. The second-order valence-corrected chi connectivity index (χ2v) is 15.8. The van der Waals surface area contributed by atoms with E-state index in [1.807, 2.05) is 27.7 Å². The number of guanidine groups is 1. The minimum Gasteiger partial charge on any atom is -0.465 e. The molecule has 0 spiro atoms. The van der Waals surface area contributed by atoms with Crippen molar-refractivity contribution in [1.29, 1.82) is 0 Å². The smallest absolute Gasteiger partial charge is 0.322 e. The van der Waals surface area contributed by atoms with Crippen molar-refractivity contribution >= 4 is 35.9 Å². The molecule has 0 bridgehead atoms. The Balaban J connectivity index is 1.81. The van der Waals surface area contributed by atoms with E-state index in [0.29, 0.717) is 45.1 Å². The lowest BCUT2D eigenvalue weighted by Crippen LogP contribution is -2.38. The van der Waals surface area contributed by atoms with E-state index < -0.39 is 41.6 Å². The summed E-state index contributed by atoms with van der Waals surface area (Å²) in [5, 5.41) is 20.6. The highest BCUT2D eigenvalue weighted by Gasteiger charge is 2.56. The van der Waals surface area contributed by atoms with Crippen molar-refractivity contribution in [3.8, 4) is 0 Å². The van der Waals surface area contributed by atoms with Crippen molar-refractivity contribution in [1.82, 2.24) is 0 Å². The van der Waals surface area contributed by atoms with Crippen LogP contribution in [0, 0.1) is 71.0 Å². The number of hydrogen-bond donors (Lipinski definition) is 5. The number of ether oxygens (including phenoxy) is 3. The Kier molecular flexibility index (Phi) is 16.8. The standard InChI is InChI=1S/C37H62N4O10/c1-20(2)10-31(45)49-18-28-22(14-42)12-23(15-43)33(28)26-7-8-27(35(26)47)34-24(16-44)13-25(29(34)19-50-32(46)11-21(3)4)17-51-36(48)30(38)6-5-9-41-37(39)40/h16,20-30,33-34,42-43H,5-15,17-19,38H2,1-4H3,(H4,39,40,41)/t22-,23+,24-,25+,26?,27?,28+,29-,30+,33?,34?/m1/s1. The summed E-state index contributed by atoms with van der Waals surface area (Å²) in [5.41, 5.74) is 16.8. The second kappa shape index (κ2) is 20.2. The maximum absolute atomic E-state index is 14.5. The van der Waals surface area contributed by atoms with Crippen LogP contribution < -0.4 is 17.2 Å². The molecule has 14 nitrogen and oxygen atoms in total. The summed E-state index contributed by atoms with van der Waals surface area (Å²) in [7, 11) is 0. The first-order chi connectivity index (χ1) is 24.2. The molecule has 0 radical (unpaired) electrons. The van der Waals surface area contributed by atoms with Gasteiger partial charge in [-0.05, 0) is 74.0 Å². The molecule has 290 valence electrons. The van der Waals surface area contributed by atoms with Crippen LogP contribution >= 0.6 is 0 Å². The fraction of sp³-hybridized carbons (Fsp3) is 0.838. The van der Waals surface area contributed by atoms with Gasteiger partial charge in [-0.3, -0.25) is 24.2 Å². The Bertz CT molecular complexity index is 1210. The van der Waals surface area contributed by atoms with E-state index in [1.54, 1.807) is 0 Å². The van der Waals surface area contributed by atoms with Gasteiger partial charge in [0.1, 0.15) is 18.1 Å². The van der Waals surface area contributed by atoms with E-state index in [2.05, 4.69) is 4.99 Å². The minimum absolute atomic E-state index is 0.0219. The third-order valence-corrected chi connectivity index (χ3v) is 11.2. The van der Waals surface area contributed by atoms with E-state index in [4.69, 9.17) is 31.4 Å². The van der Waals surface area contributed by atoms with Crippen molar-refractivity contribution in [2.75, 3.05) is 39.6 Å². The number of nitrogens with zero attached hydrogens (tertiary/aromatic N) is 1. The highest BCUT2D eigenvalue weighted by atomic mass is 16.5. The Morgan fingerprint density at radius 3 is 1.88 bits per heavy atom. The zero-order valence-electron chi connectivity index (χ0n) is 30.8. The molecule has 3 saturated carbocycles. The molecule has 8 N–H and O–H groups in total. The van der Waals surface area contributed by atoms with Crippen LogP contribution in [0.3, 0.4) is 0 Å². The van der Waals surface area contributed by atoms with Gasteiger partial charge in [0.05, 0.1) is 19.8 Å². The number of esters is 3. The quantitative estimate of drug-likeness (QED) is 0.0300. The van der Waals surface area contributed by atoms with E-state index in [0.717, 1.165) is 6.29 Å². The number of aliphatic hydroxyl groups is 2. The number of rotatable bonds is 20. The van der Waals surface area contributed by atoms with Gasteiger partial charge >= 0.3 is 17.9 Å². The summed E-state index contributed by atoms with van der Waals surface area (Å²) in [6, 6.07) is -0.899. The SMILES string of the molecule is CC(C)CC(=O)OC[C@@H]1C(C2CCC(C3[C@@H](C=O)C[C@@H](COC(=O)[C@@H](N)CCCN=C(N)N)[C@H]3COC(=O)CC(C)C)C2=O)[C@H](CO)C[C@@H]1CO. The highest BCUT2D eigenvalue weighted by Crippen LogP contribution is 2.54. The van der Waals surface area contributed by atoms with Crippen LogP contribution in [0.5, 0.6) is 0 Å². The van der Waals surface area contributed by atoms with Gasteiger partial charge in [0, 0.05) is 68.1 Å². The maximum atomic E-state index is 14.5. The molecule has 3 aliphatic carbocycles. The molecule has 3 fully saturated rings. The Hall–Kier alpha value is -3.10. The molecule has 14 heteroatoms. The Morgan fingerprint density at radius 2 is 1.37 bits per heavy atom. The van der Waals surface area contributed by atoms with Gasteiger partial charge < -0.3 is 46.4 Å². The molecule has 0 saturated heterocycles. The third kappa shape index (κ3) is 11.7. The van der Waals surface area contributed by atoms with Gasteiger partial charge in [0.15, 0.2) is 5.96 Å². The summed E-state index contributed by atoms with van der Waals surface area (Å²) in [6.45, 7) is 7.66. The van der Waals surface area contributed by atoms with Crippen LogP contribution in [-0.4, -0.2) is 91.8 Å². The van der Waals surface area contributed by atoms with Crippen LogP contribution in [0.2, 0.25) is 0 Å². The summed E-state index contributed by atoms with van der Waals surface area (Å²) in [4.78, 5) is 69.0. The molecule has 0 amide bonds. The van der Waals surface area contributed by atoms with Crippen molar-refractivity contribution in [2.45, 2.75) is 85.1 Å². The molecular weight excluding hydrogens is 660 g/mol. The van der Waals surface area contributed by atoms with E-state index in [1.165, 1.54) is 0 Å². The number of aliphatic hydroxyl groups excluding tert-OH is 2. The number of nitrogens with two attached hydrogens (primary N) is 3. The predicted molar refractivity (Wildman–Crippen MR) is 188 cm³/mol. The molecule has 11 atom stereocenters. The largest absolute Gasteiger partial charge is 0.465 e. The van der Waals surface area contributed by atoms with Crippen molar-refractivity contribution in [3.63, 3.8) is 0 Å². The van der Waals surface area contributed by atoms with Crippen LogP contribution in [0.1, 0.15) is 79.1 Å². The summed E-state index contributed by atoms with van der Waals surface area (Å²) in [6.07, 6.45) is 4.00. The average molecular weight is 723 g/mol. The predicted octanol–water partition coefficient (Wildman–Crippen LogP) is 1.60. The number of aldehydes is 1. The monoisotopic (exact) mass is 722 g/mol. The average Bonchev–Trinajstić information content (AvgIpc) is 3.73. The Morgan fingerprint density at radius 1 is 0.824 bits per heavy atom. The summed E-state index contributed by atoms with van der Waals surface area (Å²) < 4.78 is 17.0. The molecule has 51 heavy (non-hydrogen) atoms. The zero-order chi connectivity index (χ0) is 37.8. The molecular formula is C37H62N4O10. The van der Waals surface area contributed by atoms with E-state index >= 15 is 0 Å². The molecule has 0 aromatic heterocycles. The number of carbonyl (C=O) groups is 5. The van der Waals surface area contributed by atoms with Crippen LogP contribution in [0.25, 0.3) is 0 Å².